The van der Waals surface area contributed by atoms with Crippen LogP contribution in [0.25, 0.3) is 22.0 Å². The summed E-state index contributed by atoms with van der Waals surface area (Å²) in [5, 5.41) is 16.8. The Bertz CT molecular complexity index is 1650. The maximum atomic E-state index is 13.6. The van der Waals surface area contributed by atoms with Crippen LogP contribution in [0.5, 0.6) is 0 Å². The van der Waals surface area contributed by atoms with Gasteiger partial charge in [-0.05, 0) is 45.9 Å². The monoisotopic (exact) mass is 559 g/mol. The van der Waals surface area contributed by atoms with Crippen molar-refractivity contribution >= 4 is 22.9 Å². The van der Waals surface area contributed by atoms with Gasteiger partial charge in [-0.25, -0.2) is 4.79 Å². The molecule has 212 valence electrons. The fourth-order valence-electron chi connectivity index (χ4n) is 5.87. The number of benzene rings is 4. The molecule has 1 aromatic heterocycles. The molecule has 0 fully saturated rings. The first-order valence-electron chi connectivity index (χ1n) is 14.2. The van der Waals surface area contributed by atoms with Gasteiger partial charge in [-0.15, -0.1) is 0 Å². The van der Waals surface area contributed by atoms with Crippen LogP contribution in [0.15, 0.2) is 109 Å². The molecule has 1 aliphatic rings. The van der Waals surface area contributed by atoms with Crippen molar-refractivity contribution in [1.82, 2.24) is 15.6 Å². The second-order valence-electron chi connectivity index (χ2n) is 10.7. The van der Waals surface area contributed by atoms with Gasteiger partial charge in [0.05, 0.1) is 12.6 Å². The van der Waals surface area contributed by atoms with Crippen LogP contribution in [0.1, 0.15) is 28.2 Å². The number of fused-ring (bicyclic) bond motifs is 4. The zero-order valence-electron chi connectivity index (χ0n) is 23.1. The number of aromatic nitrogens is 1. The maximum absolute atomic E-state index is 13.6. The van der Waals surface area contributed by atoms with Gasteiger partial charge in [0.15, 0.2) is 0 Å². The quantitative estimate of drug-likeness (QED) is 0.186. The molecule has 0 radical (unpaired) electrons. The molecule has 2 amide bonds. The SMILES string of the molecule is O=C(N[C@@H](Cc1c[nH]c2ccccc12)C(=O)N[C@@H](CO)Cc1ccccc1)OCC1c2ccccc2-c2ccccc21. The minimum Gasteiger partial charge on any atom is -0.449 e. The number of ether oxygens (including phenoxy) is 1. The van der Waals surface area contributed by atoms with E-state index in [1.54, 1.807) is 0 Å². The van der Waals surface area contributed by atoms with Crippen LogP contribution in [0.3, 0.4) is 0 Å². The van der Waals surface area contributed by atoms with Crippen molar-refractivity contribution < 1.29 is 19.4 Å². The van der Waals surface area contributed by atoms with Crippen LogP contribution in [-0.2, 0) is 22.4 Å². The van der Waals surface area contributed by atoms with Crippen molar-refractivity contribution in [3.05, 3.63) is 132 Å². The summed E-state index contributed by atoms with van der Waals surface area (Å²) in [7, 11) is 0. The first kappa shape index (κ1) is 27.3. The predicted molar refractivity (Wildman–Crippen MR) is 163 cm³/mol. The largest absolute Gasteiger partial charge is 0.449 e. The van der Waals surface area contributed by atoms with Crippen molar-refractivity contribution in [2.45, 2.75) is 30.8 Å². The average Bonchev–Trinajstić information content (AvgIpc) is 3.58. The van der Waals surface area contributed by atoms with Crippen molar-refractivity contribution in [3.8, 4) is 11.1 Å². The molecule has 2 atom stereocenters. The van der Waals surface area contributed by atoms with E-state index in [9.17, 15) is 14.7 Å². The molecule has 0 saturated heterocycles. The van der Waals surface area contributed by atoms with Crippen molar-refractivity contribution in [3.63, 3.8) is 0 Å². The molecule has 7 heteroatoms. The van der Waals surface area contributed by atoms with Gasteiger partial charge in [-0.3, -0.25) is 4.79 Å². The molecule has 0 spiro atoms. The minimum atomic E-state index is -0.912. The minimum absolute atomic E-state index is 0.0892. The van der Waals surface area contributed by atoms with Gasteiger partial charge in [0.25, 0.3) is 0 Å². The Morgan fingerprint density at radius 2 is 1.43 bits per heavy atom. The van der Waals surface area contributed by atoms with E-state index in [2.05, 4.69) is 39.9 Å². The van der Waals surface area contributed by atoms with Crippen molar-refractivity contribution in [1.29, 1.82) is 0 Å². The van der Waals surface area contributed by atoms with Gasteiger partial charge >= 0.3 is 6.09 Å². The molecule has 0 aliphatic heterocycles. The number of nitrogens with one attached hydrogen (secondary N) is 3. The molecule has 0 unspecified atom stereocenters. The summed E-state index contributed by atoms with van der Waals surface area (Å²) in [4.78, 5) is 30.0. The van der Waals surface area contributed by atoms with Gasteiger partial charge in [0.1, 0.15) is 12.6 Å². The Labute approximate surface area is 244 Å². The lowest BCUT2D eigenvalue weighted by molar-refractivity contribution is -0.124. The molecular formula is C35H33N3O4. The molecule has 4 aromatic carbocycles. The lowest BCUT2D eigenvalue weighted by Crippen LogP contribution is -2.52. The van der Waals surface area contributed by atoms with Gasteiger partial charge in [0.2, 0.25) is 5.91 Å². The fraction of sp³-hybridized carbons (Fsp3) is 0.200. The third-order valence-electron chi connectivity index (χ3n) is 7.94. The number of amides is 2. The van der Waals surface area contributed by atoms with Gasteiger partial charge < -0.3 is 25.5 Å². The zero-order chi connectivity index (χ0) is 28.9. The topological polar surface area (TPSA) is 103 Å². The summed E-state index contributed by atoms with van der Waals surface area (Å²) >= 11 is 0. The number of aliphatic hydroxyl groups excluding tert-OH is 1. The van der Waals surface area contributed by atoms with E-state index in [1.165, 1.54) is 0 Å². The maximum Gasteiger partial charge on any atom is 0.407 e. The van der Waals surface area contributed by atoms with E-state index in [4.69, 9.17) is 4.74 Å². The van der Waals surface area contributed by atoms with E-state index in [1.807, 2.05) is 85.1 Å². The zero-order valence-corrected chi connectivity index (χ0v) is 23.1. The third kappa shape index (κ3) is 5.78. The lowest BCUT2D eigenvalue weighted by Gasteiger charge is -2.23. The van der Waals surface area contributed by atoms with Gasteiger partial charge in [-0.2, -0.15) is 0 Å². The standard InChI is InChI=1S/C35H33N3O4/c39-21-25(18-23-10-2-1-3-11-23)37-34(40)33(19-24-20-36-32-17-9-8-12-26(24)32)38-35(41)42-22-31-29-15-6-4-13-27(29)28-14-5-7-16-30(28)31/h1-17,20,25,31,33,36,39H,18-19,21-22H2,(H,37,40)(H,38,41)/t25-,33+/m1/s1. The molecule has 42 heavy (non-hydrogen) atoms. The lowest BCUT2D eigenvalue weighted by atomic mass is 9.98. The molecule has 7 nitrogen and oxygen atoms in total. The first-order valence-corrected chi connectivity index (χ1v) is 14.2. The number of carbonyl (C=O) groups is 2. The van der Waals surface area contributed by atoms with E-state index < -0.39 is 18.2 Å². The Morgan fingerprint density at radius 3 is 2.14 bits per heavy atom. The van der Waals surface area contributed by atoms with E-state index >= 15 is 0 Å². The average molecular weight is 560 g/mol. The summed E-state index contributed by atoms with van der Waals surface area (Å²) in [5.41, 5.74) is 7.37. The Morgan fingerprint density at radius 1 is 0.786 bits per heavy atom. The highest BCUT2D eigenvalue weighted by molar-refractivity contribution is 5.88. The van der Waals surface area contributed by atoms with E-state index in [0.29, 0.717) is 6.42 Å². The summed E-state index contributed by atoms with van der Waals surface area (Å²) in [6, 6.07) is 32.4. The number of carbonyl (C=O) groups excluding carboxylic acids is 2. The Kier molecular flexibility index (Phi) is 8.01. The second kappa shape index (κ2) is 12.3. The third-order valence-corrected chi connectivity index (χ3v) is 7.94. The molecule has 4 N–H and O–H groups in total. The molecule has 6 rings (SSSR count). The van der Waals surface area contributed by atoms with Crippen LogP contribution in [0, 0.1) is 0 Å². The van der Waals surface area contributed by atoms with E-state index in [-0.39, 0.29) is 31.5 Å². The number of aromatic amines is 1. The molecule has 0 bridgehead atoms. The molecule has 5 aromatic rings. The fourth-order valence-corrected chi connectivity index (χ4v) is 5.87. The van der Waals surface area contributed by atoms with Gasteiger partial charge in [0, 0.05) is 29.4 Å². The highest BCUT2D eigenvalue weighted by Crippen LogP contribution is 2.44. The normalized spacial score (nSPS) is 13.6. The van der Waals surface area contributed by atoms with Gasteiger partial charge in [-0.1, -0.05) is 97.1 Å². The Hall–Kier alpha value is -4.88. The van der Waals surface area contributed by atoms with Crippen LogP contribution >= 0.6 is 0 Å². The first-order chi connectivity index (χ1) is 20.6. The molecular weight excluding hydrogens is 526 g/mol. The number of rotatable bonds is 10. The van der Waals surface area contributed by atoms with Crippen LogP contribution in [-0.4, -0.2) is 47.4 Å². The highest BCUT2D eigenvalue weighted by Gasteiger charge is 2.30. The predicted octanol–water partition coefficient (Wildman–Crippen LogP) is 5.34. The number of H-pyrrole nitrogens is 1. The molecule has 0 saturated carbocycles. The summed E-state index contributed by atoms with van der Waals surface area (Å²) in [6.07, 6.45) is 1.91. The van der Waals surface area contributed by atoms with E-state index in [0.717, 1.165) is 44.3 Å². The van der Waals surface area contributed by atoms with Crippen LogP contribution < -0.4 is 10.6 Å². The number of aliphatic hydroxyl groups is 1. The van der Waals surface area contributed by atoms with Crippen LogP contribution in [0.2, 0.25) is 0 Å². The van der Waals surface area contributed by atoms with Crippen molar-refractivity contribution in [2.75, 3.05) is 13.2 Å². The number of hydrogen-bond donors (Lipinski definition) is 4. The number of alkyl carbamates (subject to hydrolysis) is 1. The number of para-hydroxylation sites is 1. The molecule has 1 aliphatic carbocycles. The Balaban J connectivity index is 1.18. The smallest absolute Gasteiger partial charge is 0.407 e. The highest BCUT2D eigenvalue weighted by atomic mass is 16.5. The van der Waals surface area contributed by atoms with Crippen LogP contribution in [0.4, 0.5) is 4.79 Å². The summed E-state index contributed by atoms with van der Waals surface area (Å²) < 4.78 is 5.77. The molecule has 1 heterocycles. The van der Waals surface area contributed by atoms with Crippen molar-refractivity contribution in [2.24, 2.45) is 0 Å². The number of hydrogen-bond acceptors (Lipinski definition) is 4. The summed E-state index contributed by atoms with van der Waals surface area (Å²) in [6.45, 7) is -0.0834. The second-order valence-corrected chi connectivity index (χ2v) is 10.7. The summed E-state index contributed by atoms with van der Waals surface area (Å²) in [5.74, 6) is -0.475.